The van der Waals surface area contributed by atoms with E-state index in [-0.39, 0.29) is 18.0 Å². The van der Waals surface area contributed by atoms with Crippen LogP contribution < -0.4 is 0 Å². The SMILES string of the molecule is CC(=O)C(C)(C#N)CCS(=O)(=O)C(C)C. The van der Waals surface area contributed by atoms with E-state index < -0.39 is 20.5 Å². The summed E-state index contributed by atoms with van der Waals surface area (Å²) in [6, 6.07) is 1.88. The van der Waals surface area contributed by atoms with Crippen molar-refractivity contribution in [3.05, 3.63) is 0 Å². The fraction of sp³-hybridized carbons (Fsp3) is 0.800. The Morgan fingerprint density at radius 1 is 1.47 bits per heavy atom. The van der Waals surface area contributed by atoms with Crippen molar-refractivity contribution in [3.8, 4) is 6.07 Å². The molecule has 0 aromatic rings. The summed E-state index contributed by atoms with van der Waals surface area (Å²) < 4.78 is 23.0. The lowest BCUT2D eigenvalue weighted by molar-refractivity contribution is -0.123. The monoisotopic (exact) mass is 231 g/mol. The summed E-state index contributed by atoms with van der Waals surface area (Å²) in [6.07, 6.45) is 0.0688. The van der Waals surface area contributed by atoms with Crippen molar-refractivity contribution in [1.29, 1.82) is 5.26 Å². The highest BCUT2D eigenvalue weighted by Gasteiger charge is 2.32. The molecule has 86 valence electrons. The lowest BCUT2D eigenvalue weighted by Gasteiger charge is -2.18. The van der Waals surface area contributed by atoms with E-state index >= 15 is 0 Å². The molecule has 0 aliphatic carbocycles. The molecular weight excluding hydrogens is 214 g/mol. The molecule has 0 saturated heterocycles. The Balaban J connectivity index is 4.67. The average Bonchev–Trinajstić information content (AvgIpc) is 2.13. The Morgan fingerprint density at radius 3 is 2.20 bits per heavy atom. The first-order chi connectivity index (χ1) is 6.65. The fourth-order valence-electron chi connectivity index (χ4n) is 0.893. The molecule has 0 bridgehead atoms. The van der Waals surface area contributed by atoms with Crippen LogP contribution in [0.15, 0.2) is 0 Å². The van der Waals surface area contributed by atoms with Crippen LogP contribution in [-0.2, 0) is 14.6 Å². The second kappa shape index (κ2) is 4.75. The second-order valence-corrected chi connectivity index (χ2v) is 6.84. The quantitative estimate of drug-likeness (QED) is 0.715. The summed E-state index contributed by atoms with van der Waals surface area (Å²) in [7, 11) is -3.18. The van der Waals surface area contributed by atoms with Crippen molar-refractivity contribution in [2.75, 3.05) is 5.75 Å². The lowest BCUT2D eigenvalue weighted by Crippen LogP contribution is -2.28. The van der Waals surface area contributed by atoms with Crippen molar-refractivity contribution in [2.45, 2.75) is 39.4 Å². The van der Waals surface area contributed by atoms with Crippen LogP contribution in [0.1, 0.15) is 34.1 Å². The van der Waals surface area contributed by atoms with E-state index in [9.17, 15) is 13.2 Å². The Kier molecular flexibility index (Phi) is 4.47. The number of ketones is 1. The van der Waals surface area contributed by atoms with E-state index in [4.69, 9.17) is 5.26 Å². The molecule has 1 unspecified atom stereocenters. The zero-order valence-corrected chi connectivity index (χ0v) is 10.4. The molecule has 0 aliphatic rings. The third-order valence-corrected chi connectivity index (χ3v) is 4.84. The van der Waals surface area contributed by atoms with Gasteiger partial charge in [0.2, 0.25) is 0 Å². The molecule has 0 fully saturated rings. The molecule has 0 spiro atoms. The van der Waals surface area contributed by atoms with Gasteiger partial charge in [0.25, 0.3) is 0 Å². The van der Waals surface area contributed by atoms with Gasteiger partial charge in [-0.2, -0.15) is 5.26 Å². The fourth-order valence-corrected chi connectivity index (χ4v) is 2.06. The van der Waals surface area contributed by atoms with Crippen LogP contribution in [0.2, 0.25) is 0 Å². The maximum absolute atomic E-state index is 11.5. The van der Waals surface area contributed by atoms with Crippen molar-refractivity contribution in [2.24, 2.45) is 5.41 Å². The molecular formula is C10H17NO3S. The minimum atomic E-state index is -3.18. The molecule has 0 N–H and O–H groups in total. The topological polar surface area (TPSA) is 75.0 Å². The first-order valence-corrected chi connectivity index (χ1v) is 6.51. The molecule has 0 aromatic heterocycles. The van der Waals surface area contributed by atoms with Crippen LogP contribution in [0.5, 0.6) is 0 Å². The number of nitriles is 1. The Labute approximate surface area is 91.2 Å². The molecule has 0 saturated carbocycles. The second-order valence-electron chi connectivity index (χ2n) is 4.17. The number of sulfone groups is 1. The van der Waals surface area contributed by atoms with Gasteiger partial charge in [-0.05, 0) is 34.1 Å². The van der Waals surface area contributed by atoms with Gasteiger partial charge in [0, 0.05) is 0 Å². The summed E-state index contributed by atoms with van der Waals surface area (Å²) in [4.78, 5) is 11.2. The number of rotatable bonds is 5. The summed E-state index contributed by atoms with van der Waals surface area (Å²) >= 11 is 0. The van der Waals surface area contributed by atoms with Crippen molar-refractivity contribution in [3.63, 3.8) is 0 Å². The number of hydrogen-bond acceptors (Lipinski definition) is 4. The maximum atomic E-state index is 11.5. The molecule has 5 heteroatoms. The van der Waals surface area contributed by atoms with E-state index in [1.54, 1.807) is 13.8 Å². The normalized spacial score (nSPS) is 15.7. The van der Waals surface area contributed by atoms with Crippen molar-refractivity contribution in [1.82, 2.24) is 0 Å². The third-order valence-electron chi connectivity index (χ3n) is 2.63. The van der Waals surface area contributed by atoms with Gasteiger partial charge in [-0.3, -0.25) is 4.79 Å². The van der Waals surface area contributed by atoms with Crippen LogP contribution >= 0.6 is 0 Å². The van der Waals surface area contributed by atoms with Crippen LogP contribution in [-0.4, -0.2) is 25.2 Å². The van der Waals surface area contributed by atoms with E-state index in [2.05, 4.69) is 0 Å². The minimum absolute atomic E-state index is 0.0688. The van der Waals surface area contributed by atoms with Gasteiger partial charge in [0.05, 0.1) is 17.1 Å². The number of Topliss-reactive ketones (excluding diaryl/α,β-unsaturated/α-hetero) is 1. The van der Waals surface area contributed by atoms with Gasteiger partial charge in [0.15, 0.2) is 9.84 Å². The van der Waals surface area contributed by atoms with Gasteiger partial charge in [-0.15, -0.1) is 0 Å². The first kappa shape index (κ1) is 14.1. The molecule has 0 aliphatic heterocycles. The predicted molar refractivity (Wildman–Crippen MR) is 57.9 cm³/mol. The van der Waals surface area contributed by atoms with E-state index in [1.807, 2.05) is 6.07 Å². The Morgan fingerprint density at radius 2 is 1.93 bits per heavy atom. The minimum Gasteiger partial charge on any atom is -0.298 e. The van der Waals surface area contributed by atoms with Crippen LogP contribution in [0.4, 0.5) is 0 Å². The highest BCUT2D eigenvalue weighted by molar-refractivity contribution is 7.91. The largest absolute Gasteiger partial charge is 0.298 e. The zero-order valence-electron chi connectivity index (χ0n) is 9.57. The maximum Gasteiger partial charge on any atom is 0.152 e. The lowest BCUT2D eigenvalue weighted by atomic mass is 9.85. The van der Waals surface area contributed by atoms with Crippen molar-refractivity contribution < 1.29 is 13.2 Å². The molecule has 15 heavy (non-hydrogen) atoms. The van der Waals surface area contributed by atoms with Gasteiger partial charge in [0.1, 0.15) is 11.2 Å². The average molecular weight is 231 g/mol. The summed E-state index contributed by atoms with van der Waals surface area (Å²) in [6.45, 7) is 5.97. The number of carbonyl (C=O) groups excluding carboxylic acids is 1. The molecule has 0 amide bonds. The summed E-state index contributed by atoms with van der Waals surface area (Å²) in [5.41, 5.74) is -1.18. The number of hydrogen-bond donors (Lipinski definition) is 0. The standard InChI is InChI=1S/C10H17NO3S/c1-8(2)15(13,14)6-5-10(4,7-11)9(3)12/h8H,5-6H2,1-4H3. The summed E-state index contributed by atoms with van der Waals surface area (Å²) in [5.74, 6) is -0.405. The van der Waals surface area contributed by atoms with Crippen LogP contribution in [0, 0.1) is 16.7 Å². The molecule has 1 atom stereocenters. The predicted octanol–water partition coefficient (Wildman–Crippen LogP) is 1.32. The zero-order chi connectivity index (χ0) is 12.3. The Hall–Kier alpha value is -0.890. The number of nitrogens with zero attached hydrogens (tertiary/aromatic N) is 1. The Bertz CT molecular complexity index is 378. The van der Waals surface area contributed by atoms with E-state index in [0.29, 0.717) is 0 Å². The van der Waals surface area contributed by atoms with Gasteiger partial charge in [-0.25, -0.2) is 8.42 Å². The van der Waals surface area contributed by atoms with Crippen molar-refractivity contribution >= 4 is 15.6 Å². The number of carbonyl (C=O) groups is 1. The molecule has 0 heterocycles. The first-order valence-electron chi connectivity index (χ1n) is 4.79. The highest BCUT2D eigenvalue weighted by atomic mass is 32.2. The van der Waals surface area contributed by atoms with Crippen LogP contribution in [0.25, 0.3) is 0 Å². The highest BCUT2D eigenvalue weighted by Crippen LogP contribution is 2.23. The molecule has 0 aromatic carbocycles. The van der Waals surface area contributed by atoms with Gasteiger partial charge in [-0.1, -0.05) is 0 Å². The molecule has 0 radical (unpaired) electrons. The molecule has 4 nitrogen and oxygen atoms in total. The van der Waals surface area contributed by atoms with E-state index in [0.717, 1.165) is 0 Å². The van der Waals surface area contributed by atoms with Gasteiger partial charge >= 0.3 is 0 Å². The van der Waals surface area contributed by atoms with Crippen LogP contribution in [0.3, 0.4) is 0 Å². The molecule has 0 rings (SSSR count). The van der Waals surface area contributed by atoms with E-state index in [1.165, 1.54) is 13.8 Å². The third kappa shape index (κ3) is 3.63. The van der Waals surface area contributed by atoms with Gasteiger partial charge < -0.3 is 0 Å². The summed E-state index contributed by atoms with van der Waals surface area (Å²) in [5, 5.41) is 8.36. The smallest absolute Gasteiger partial charge is 0.152 e.